The van der Waals surface area contributed by atoms with Crippen LogP contribution in [0, 0.1) is 13.8 Å². The molecule has 0 N–H and O–H groups in total. The van der Waals surface area contributed by atoms with Crippen molar-refractivity contribution in [2.24, 2.45) is 0 Å². The summed E-state index contributed by atoms with van der Waals surface area (Å²) in [5, 5.41) is 1.56. The molecule has 4 rings (SSSR count). The second-order valence-electron chi connectivity index (χ2n) is 7.87. The largest absolute Gasteiger partial charge is 0.337 e. The highest BCUT2D eigenvalue weighted by atomic mass is 35.5. The summed E-state index contributed by atoms with van der Waals surface area (Å²) in [6, 6.07) is 16.2. The maximum atomic E-state index is 13.2. The average molecular weight is 408 g/mol. The lowest BCUT2D eigenvalue weighted by Gasteiger charge is -2.23. The van der Waals surface area contributed by atoms with Crippen molar-refractivity contribution in [3.8, 4) is 0 Å². The Kier molecular flexibility index (Phi) is 5.84. The maximum absolute atomic E-state index is 13.2. The molecule has 150 valence electrons. The van der Waals surface area contributed by atoms with E-state index in [0.717, 1.165) is 55.7 Å². The molecular formula is C24H26ClN3O. The van der Waals surface area contributed by atoms with Gasteiger partial charge in [0.1, 0.15) is 0 Å². The summed E-state index contributed by atoms with van der Waals surface area (Å²) < 4.78 is 0. The third-order valence-electron chi connectivity index (χ3n) is 5.60. The molecule has 1 saturated heterocycles. The van der Waals surface area contributed by atoms with Gasteiger partial charge in [0.15, 0.2) is 0 Å². The second kappa shape index (κ2) is 8.52. The number of pyridine rings is 1. The standard InChI is InChI=1S/C24H26ClN3O/c1-17-4-6-19(7-5-17)16-27-10-3-11-28(13-12-27)24(29)22-15-20-14-21(25)8-9-23(20)26-18(22)2/h4-9,14-15H,3,10-13,16H2,1-2H3. The molecule has 1 aliphatic rings. The zero-order valence-electron chi connectivity index (χ0n) is 17.0. The van der Waals surface area contributed by atoms with Crippen LogP contribution in [-0.4, -0.2) is 46.9 Å². The van der Waals surface area contributed by atoms with Crippen LogP contribution in [0.15, 0.2) is 48.5 Å². The quantitative estimate of drug-likeness (QED) is 0.622. The van der Waals surface area contributed by atoms with Crippen LogP contribution >= 0.6 is 11.6 Å². The van der Waals surface area contributed by atoms with Crippen molar-refractivity contribution in [3.05, 3.63) is 75.9 Å². The Morgan fingerprint density at radius 3 is 2.59 bits per heavy atom. The summed E-state index contributed by atoms with van der Waals surface area (Å²) in [5.74, 6) is 0.0639. The molecule has 0 radical (unpaired) electrons. The van der Waals surface area contributed by atoms with Crippen LogP contribution in [0.25, 0.3) is 10.9 Å². The average Bonchev–Trinajstić information content (AvgIpc) is 2.94. The normalized spacial score (nSPS) is 15.5. The molecule has 4 nitrogen and oxygen atoms in total. The zero-order valence-corrected chi connectivity index (χ0v) is 17.7. The summed E-state index contributed by atoms with van der Waals surface area (Å²) in [6.45, 7) is 8.33. The molecule has 5 heteroatoms. The minimum absolute atomic E-state index is 0.0639. The number of fused-ring (bicyclic) bond motifs is 1. The van der Waals surface area contributed by atoms with Crippen LogP contribution in [0.3, 0.4) is 0 Å². The van der Waals surface area contributed by atoms with E-state index in [4.69, 9.17) is 11.6 Å². The molecule has 0 unspecified atom stereocenters. The molecule has 0 spiro atoms. The first-order valence-corrected chi connectivity index (χ1v) is 10.5. The van der Waals surface area contributed by atoms with E-state index in [1.165, 1.54) is 11.1 Å². The van der Waals surface area contributed by atoms with Gasteiger partial charge in [0.25, 0.3) is 5.91 Å². The summed E-state index contributed by atoms with van der Waals surface area (Å²) in [4.78, 5) is 22.3. The summed E-state index contributed by atoms with van der Waals surface area (Å²) >= 11 is 6.12. The lowest BCUT2D eigenvalue weighted by molar-refractivity contribution is 0.0760. The predicted octanol–water partition coefficient (Wildman–Crippen LogP) is 4.85. The summed E-state index contributed by atoms with van der Waals surface area (Å²) in [7, 11) is 0. The van der Waals surface area contributed by atoms with Crippen molar-refractivity contribution in [2.75, 3.05) is 26.2 Å². The van der Waals surface area contributed by atoms with Crippen LogP contribution in [0.4, 0.5) is 0 Å². The molecule has 3 aromatic rings. The molecule has 1 aliphatic heterocycles. The fourth-order valence-electron chi connectivity index (χ4n) is 3.91. The van der Waals surface area contributed by atoms with Crippen LogP contribution in [-0.2, 0) is 6.54 Å². The van der Waals surface area contributed by atoms with Crippen molar-refractivity contribution in [1.82, 2.24) is 14.8 Å². The van der Waals surface area contributed by atoms with E-state index < -0.39 is 0 Å². The maximum Gasteiger partial charge on any atom is 0.255 e. The number of carbonyl (C=O) groups excluding carboxylic acids is 1. The minimum Gasteiger partial charge on any atom is -0.337 e. The van der Waals surface area contributed by atoms with Gasteiger partial charge in [0.2, 0.25) is 0 Å². The van der Waals surface area contributed by atoms with Crippen LogP contribution in [0.5, 0.6) is 0 Å². The number of carbonyl (C=O) groups is 1. The third-order valence-corrected chi connectivity index (χ3v) is 5.84. The summed E-state index contributed by atoms with van der Waals surface area (Å²) in [6.07, 6.45) is 0.976. The number of rotatable bonds is 3. The van der Waals surface area contributed by atoms with Crippen molar-refractivity contribution in [3.63, 3.8) is 0 Å². The number of aromatic nitrogens is 1. The Bertz CT molecular complexity index is 1030. The number of nitrogens with zero attached hydrogens (tertiary/aromatic N) is 3. The first kappa shape index (κ1) is 19.9. The molecule has 0 aliphatic carbocycles. The molecule has 0 saturated carbocycles. The fraction of sp³-hybridized carbons (Fsp3) is 0.333. The Morgan fingerprint density at radius 1 is 1.00 bits per heavy atom. The number of hydrogen-bond acceptors (Lipinski definition) is 3. The van der Waals surface area contributed by atoms with Gasteiger partial charge < -0.3 is 4.90 Å². The number of aryl methyl sites for hydroxylation is 2. The van der Waals surface area contributed by atoms with E-state index in [-0.39, 0.29) is 5.91 Å². The van der Waals surface area contributed by atoms with Gasteiger partial charge in [-0.3, -0.25) is 14.7 Å². The van der Waals surface area contributed by atoms with Gasteiger partial charge in [-0.25, -0.2) is 0 Å². The van der Waals surface area contributed by atoms with E-state index in [9.17, 15) is 4.79 Å². The number of amides is 1. The Hall–Kier alpha value is -2.43. The van der Waals surface area contributed by atoms with Crippen molar-refractivity contribution >= 4 is 28.4 Å². The zero-order chi connectivity index (χ0) is 20.4. The van der Waals surface area contributed by atoms with Gasteiger partial charge in [0.05, 0.1) is 16.8 Å². The Labute approximate surface area is 177 Å². The van der Waals surface area contributed by atoms with Gasteiger partial charge in [0, 0.05) is 43.1 Å². The van der Waals surface area contributed by atoms with E-state index in [2.05, 4.69) is 41.1 Å². The van der Waals surface area contributed by atoms with E-state index in [1.54, 1.807) is 0 Å². The van der Waals surface area contributed by atoms with E-state index in [1.807, 2.05) is 36.1 Å². The summed E-state index contributed by atoms with van der Waals surface area (Å²) in [5.41, 5.74) is 4.91. The molecule has 1 amide bonds. The molecule has 2 aromatic carbocycles. The molecule has 0 bridgehead atoms. The van der Waals surface area contributed by atoms with Gasteiger partial charge in [-0.05, 0) is 50.1 Å². The van der Waals surface area contributed by atoms with Crippen LogP contribution in [0.1, 0.15) is 33.6 Å². The molecule has 1 fully saturated rings. The second-order valence-corrected chi connectivity index (χ2v) is 8.30. The van der Waals surface area contributed by atoms with Gasteiger partial charge in [-0.15, -0.1) is 0 Å². The Balaban J connectivity index is 1.47. The van der Waals surface area contributed by atoms with E-state index in [0.29, 0.717) is 10.6 Å². The molecule has 1 aromatic heterocycles. The highest BCUT2D eigenvalue weighted by Crippen LogP contribution is 2.22. The highest BCUT2D eigenvalue weighted by molar-refractivity contribution is 6.31. The highest BCUT2D eigenvalue weighted by Gasteiger charge is 2.22. The van der Waals surface area contributed by atoms with Crippen molar-refractivity contribution in [1.29, 1.82) is 0 Å². The molecule has 0 atom stereocenters. The molecule has 2 heterocycles. The lowest BCUT2D eigenvalue weighted by atomic mass is 10.1. The van der Waals surface area contributed by atoms with Crippen LogP contribution < -0.4 is 0 Å². The monoisotopic (exact) mass is 407 g/mol. The first-order valence-electron chi connectivity index (χ1n) is 10.1. The smallest absolute Gasteiger partial charge is 0.255 e. The van der Waals surface area contributed by atoms with Gasteiger partial charge in [-0.1, -0.05) is 41.4 Å². The number of halogens is 1. The predicted molar refractivity (Wildman–Crippen MR) is 118 cm³/mol. The third kappa shape index (κ3) is 4.60. The van der Waals surface area contributed by atoms with Crippen LogP contribution in [0.2, 0.25) is 5.02 Å². The van der Waals surface area contributed by atoms with E-state index >= 15 is 0 Å². The Morgan fingerprint density at radius 2 is 1.79 bits per heavy atom. The molecular weight excluding hydrogens is 382 g/mol. The molecule has 29 heavy (non-hydrogen) atoms. The van der Waals surface area contributed by atoms with Crippen molar-refractivity contribution < 1.29 is 4.79 Å². The fourth-order valence-corrected chi connectivity index (χ4v) is 4.09. The van der Waals surface area contributed by atoms with Gasteiger partial charge in [-0.2, -0.15) is 0 Å². The SMILES string of the molecule is Cc1ccc(CN2CCCN(C(=O)c3cc4cc(Cl)ccc4nc3C)CC2)cc1. The topological polar surface area (TPSA) is 36.4 Å². The minimum atomic E-state index is 0.0639. The lowest BCUT2D eigenvalue weighted by Crippen LogP contribution is -2.35. The van der Waals surface area contributed by atoms with Crippen molar-refractivity contribution in [2.45, 2.75) is 26.8 Å². The first-order chi connectivity index (χ1) is 14.0. The number of benzene rings is 2. The number of hydrogen-bond donors (Lipinski definition) is 0. The van der Waals surface area contributed by atoms with Gasteiger partial charge >= 0.3 is 0 Å².